The van der Waals surface area contributed by atoms with Crippen LogP contribution in [-0.2, 0) is 0 Å². The van der Waals surface area contributed by atoms with Crippen LogP contribution in [-0.4, -0.2) is 43.4 Å². The lowest BCUT2D eigenvalue weighted by Gasteiger charge is -2.14. The summed E-state index contributed by atoms with van der Waals surface area (Å²) in [7, 11) is 3.49. The second kappa shape index (κ2) is 6.48. The van der Waals surface area contributed by atoms with E-state index in [0.29, 0.717) is 0 Å². The molecule has 11 heavy (non-hydrogen) atoms. The van der Waals surface area contributed by atoms with Gasteiger partial charge in [0.1, 0.15) is 0 Å². The van der Waals surface area contributed by atoms with Crippen LogP contribution in [0, 0.1) is 0 Å². The van der Waals surface area contributed by atoms with Gasteiger partial charge in [-0.2, -0.15) is 0 Å². The van der Waals surface area contributed by atoms with Crippen LogP contribution in [0.4, 0.5) is 0 Å². The predicted octanol–water partition coefficient (Wildman–Crippen LogP) is 1.87. The van der Waals surface area contributed by atoms with E-state index in [0.717, 1.165) is 13.2 Å². The monoisotopic (exact) mass is 173 g/mol. The van der Waals surface area contributed by atoms with Gasteiger partial charge in [-0.15, -0.1) is 0 Å². The van der Waals surface area contributed by atoms with Crippen molar-refractivity contribution in [3.63, 3.8) is 0 Å². The highest BCUT2D eigenvalue weighted by molar-refractivity contribution is 7.35. The molecule has 0 unspecified atom stereocenters. The van der Waals surface area contributed by atoms with Crippen LogP contribution >= 0.6 is 8.58 Å². The first-order valence-corrected chi connectivity index (χ1v) is 5.64. The van der Waals surface area contributed by atoms with Crippen molar-refractivity contribution >= 4 is 8.58 Å². The molecule has 1 aliphatic heterocycles. The summed E-state index contributed by atoms with van der Waals surface area (Å²) in [6.45, 7) is 8.51. The first-order chi connectivity index (χ1) is 5.24. The number of rotatable bonds is 1. The first-order valence-electron chi connectivity index (χ1n) is 3.85. The van der Waals surface area contributed by atoms with E-state index in [1.165, 1.54) is 8.58 Å². The summed E-state index contributed by atoms with van der Waals surface area (Å²) in [6.07, 6.45) is 4.20. The molecule has 0 spiro atoms. The molecule has 0 amide bonds. The van der Waals surface area contributed by atoms with Crippen molar-refractivity contribution in [2.45, 2.75) is 6.92 Å². The molecule has 0 aliphatic carbocycles. The van der Waals surface area contributed by atoms with E-state index in [9.17, 15) is 0 Å². The van der Waals surface area contributed by atoms with Gasteiger partial charge in [-0.05, 0) is 20.3 Å². The zero-order valence-corrected chi connectivity index (χ0v) is 8.80. The Hall–Kier alpha value is -0.230. The third-order valence-corrected chi connectivity index (χ3v) is 1.34. The molecule has 0 N–H and O–H groups in total. The Kier molecular flexibility index (Phi) is 6.34. The summed E-state index contributed by atoms with van der Waals surface area (Å²) in [5.41, 5.74) is 0. The smallest absolute Gasteiger partial charge is 0.0890 e. The maximum Gasteiger partial charge on any atom is 0.0890 e. The van der Waals surface area contributed by atoms with E-state index in [-0.39, 0.29) is 0 Å². The standard InChI is InChI=1S/C6H12N2.C2H6P/c1-3-8-5-4-7(2)6-8;1-3-2/h4-5H,3,6H2,1-2H3;1-2H3. The van der Waals surface area contributed by atoms with Gasteiger partial charge >= 0.3 is 0 Å². The minimum absolute atomic E-state index is 1.05. The van der Waals surface area contributed by atoms with Gasteiger partial charge < -0.3 is 9.80 Å². The maximum absolute atomic E-state index is 2.25. The van der Waals surface area contributed by atoms with Gasteiger partial charge in [0.05, 0.1) is 6.67 Å². The Bertz CT molecular complexity index is 115. The molecule has 0 saturated heterocycles. The molecule has 0 aromatic carbocycles. The van der Waals surface area contributed by atoms with Gasteiger partial charge in [-0.25, -0.2) is 0 Å². The lowest BCUT2D eigenvalue weighted by Crippen LogP contribution is -2.21. The fraction of sp³-hybridized carbons (Fsp3) is 0.750. The van der Waals surface area contributed by atoms with Crippen LogP contribution in [0.5, 0.6) is 0 Å². The van der Waals surface area contributed by atoms with Crippen LogP contribution in [0.3, 0.4) is 0 Å². The van der Waals surface area contributed by atoms with Crippen molar-refractivity contribution in [2.75, 3.05) is 33.6 Å². The van der Waals surface area contributed by atoms with Gasteiger partial charge in [0.25, 0.3) is 0 Å². The number of nitrogens with zero attached hydrogens (tertiary/aromatic N) is 2. The van der Waals surface area contributed by atoms with Crippen molar-refractivity contribution in [2.24, 2.45) is 0 Å². The molecule has 0 saturated carbocycles. The van der Waals surface area contributed by atoms with E-state index in [4.69, 9.17) is 0 Å². The third kappa shape index (κ3) is 5.09. The summed E-state index contributed by atoms with van der Waals surface area (Å²) in [4.78, 5) is 4.41. The van der Waals surface area contributed by atoms with Gasteiger partial charge in [0.15, 0.2) is 0 Å². The van der Waals surface area contributed by atoms with Crippen molar-refractivity contribution in [3.05, 3.63) is 12.4 Å². The fourth-order valence-electron chi connectivity index (χ4n) is 0.794. The minimum Gasteiger partial charge on any atom is -0.362 e. The highest BCUT2D eigenvalue weighted by Crippen LogP contribution is 2.00. The Morgan fingerprint density at radius 3 is 2.09 bits per heavy atom. The third-order valence-electron chi connectivity index (χ3n) is 1.34. The average molecular weight is 173 g/mol. The normalized spacial score (nSPS) is 14.9. The Labute approximate surface area is 72.0 Å². The van der Waals surface area contributed by atoms with Crippen molar-refractivity contribution in [3.8, 4) is 0 Å². The van der Waals surface area contributed by atoms with E-state index >= 15 is 0 Å². The zero-order valence-electron chi connectivity index (χ0n) is 7.91. The second-order valence-electron chi connectivity index (χ2n) is 2.55. The molecule has 0 aromatic heterocycles. The van der Waals surface area contributed by atoms with E-state index < -0.39 is 0 Å². The molecule has 2 nitrogen and oxygen atoms in total. The lowest BCUT2D eigenvalue weighted by atomic mass is 10.6. The Balaban J connectivity index is 0.000000292. The molecule has 1 aliphatic rings. The molecular weight excluding hydrogens is 155 g/mol. The quantitative estimate of drug-likeness (QED) is 0.558. The molecule has 0 bridgehead atoms. The van der Waals surface area contributed by atoms with Gasteiger partial charge in [0, 0.05) is 26.0 Å². The first kappa shape index (κ1) is 10.8. The van der Waals surface area contributed by atoms with E-state index in [1.807, 2.05) is 0 Å². The lowest BCUT2D eigenvalue weighted by molar-refractivity contribution is 0.308. The molecule has 1 rings (SSSR count). The van der Waals surface area contributed by atoms with Crippen LogP contribution in [0.2, 0.25) is 0 Å². The Morgan fingerprint density at radius 2 is 1.91 bits per heavy atom. The summed E-state index contributed by atoms with van der Waals surface area (Å²) in [5.74, 6) is 0. The van der Waals surface area contributed by atoms with E-state index in [2.05, 4.69) is 49.5 Å². The molecule has 0 atom stereocenters. The van der Waals surface area contributed by atoms with Crippen molar-refractivity contribution in [1.82, 2.24) is 9.80 Å². The van der Waals surface area contributed by atoms with E-state index in [1.54, 1.807) is 0 Å². The van der Waals surface area contributed by atoms with Crippen LogP contribution in [0.15, 0.2) is 12.4 Å². The van der Waals surface area contributed by atoms with Gasteiger partial charge in [0.2, 0.25) is 0 Å². The topological polar surface area (TPSA) is 6.48 Å². The number of hydrogen-bond acceptors (Lipinski definition) is 2. The molecular formula is C8H18N2P. The fourth-order valence-corrected chi connectivity index (χ4v) is 0.794. The molecule has 1 radical (unpaired) electrons. The molecule has 0 aromatic rings. The highest BCUT2D eigenvalue weighted by Gasteiger charge is 2.03. The summed E-state index contributed by atoms with van der Waals surface area (Å²) in [6, 6.07) is 0. The summed E-state index contributed by atoms with van der Waals surface area (Å²) >= 11 is 0. The average Bonchev–Trinajstić information content (AvgIpc) is 2.37. The zero-order chi connectivity index (χ0) is 8.69. The molecule has 1 heterocycles. The SMILES string of the molecule is CCN1C=CN(C)C1.C[P]C. The Morgan fingerprint density at radius 1 is 1.36 bits per heavy atom. The van der Waals surface area contributed by atoms with Crippen molar-refractivity contribution in [1.29, 1.82) is 0 Å². The highest BCUT2D eigenvalue weighted by atomic mass is 31.1. The van der Waals surface area contributed by atoms with Crippen LogP contribution in [0.25, 0.3) is 0 Å². The summed E-state index contributed by atoms with van der Waals surface area (Å²) in [5, 5.41) is 0. The van der Waals surface area contributed by atoms with Crippen LogP contribution in [0.1, 0.15) is 6.92 Å². The minimum atomic E-state index is 1.05. The molecule has 3 heteroatoms. The second-order valence-corrected chi connectivity index (χ2v) is 3.44. The van der Waals surface area contributed by atoms with Gasteiger partial charge in [-0.1, -0.05) is 8.58 Å². The largest absolute Gasteiger partial charge is 0.362 e. The van der Waals surface area contributed by atoms with Crippen LogP contribution < -0.4 is 0 Å². The molecule has 65 valence electrons. The van der Waals surface area contributed by atoms with Gasteiger partial charge in [-0.3, -0.25) is 0 Å². The number of hydrogen-bond donors (Lipinski definition) is 0. The summed E-state index contributed by atoms with van der Waals surface area (Å²) < 4.78 is 0. The maximum atomic E-state index is 2.25. The predicted molar refractivity (Wildman–Crippen MR) is 52.9 cm³/mol. The van der Waals surface area contributed by atoms with Crippen molar-refractivity contribution < 1.29 is 0 Å². The molecule has 0 fully saturated rings.